The summed E-state index contributed by atoms with van der Waals surface area (Å²) in [6, 6.07) is 7.78. The second-order valence-electron chi connectivity index (χ2n) is 2.61. The van der Waals surface area contributed by atoms with Gasteiger partial charge in [-0.2, -0.15) is 0 Å². The fourth-order valence-electron chi connectivity index (χ4n) is 0.969. The normalized spacial score (nSPS) is 10.8. The first-order chi connectivity index (χ1) is 5.84. The molecule has 0 aliphatic heterocycles. The Morgan fingerprint density at radius 1 is 1.25 bits per heavy atom. The van der Waals surface area contributed by atoms with Crippen molar-refractivity contribution in [1.29, 1.82) is 0 Å². The number of rotatable bonds is 3. The highest BCUT2D eigenvalue weighted by Gasteiger charge is 1.89. The van der Waals surface area contributed by atoms with E-state index < -0.39 is 0 Å². The average molecular weight is 162 g/mol. The molecule has 0 spiro atoms. The first-order valence-electron chi connectivity index (χ1n) is 4.05. The van der Waals surface area contributed by atoms with Crippen LogP contribution in [0.4, 0.5) is 5.69 Å². The van der Waals surface area contributed by atoms with Crippen LogP contribution in [0.5, 0.6) is 0 Å². The maximum atomic E-state index is 5.72. The predicted octanol–water partition coefficient (Wildman–Crippen LogP) is 1.63. The minimum atomic E-state index is 0.684. The van der Waals surface area contributed by atoms with Gasteiger partial charge in [-0.1, -0.05) is 30.4 Å². The zero-order valence-corrected chi connectivity index (χ0v) is 7.03. The van der Waals surface area contributed by atoms with Crippen LogP contribution < -0.4 is 11.5 Å². The molecule has 0 fully saturated rings. The standard InChI is InChI=1S/C10H14N2/c11-8-4-3-6-9-5-1-2-7-10(9)12/h1-3,5-7H,4,8,11-12H2/b6-3+. The molecule has 0 saturated heterocycles. The van der Waals surface area contributed by atoms with Gasteiger partial charge in [0.05, 0.1) is 0 Å². The quantitative estimate of drug-likeness (QED) is 0.664. The lowest BCUT2D eigenvalue weighted by Crippen LogP contribution is -1.95. The number of hydrogen-bond acceptors (Lipinski definition) is 2. The molecular formula is C10H14N2. The number of hydrogen-bond donors (Lipinski definition) is 2. The molecular weight excluding hydrogens is 148 g/mol. The Labute approximate surface area is 72.9 Å². The number of nitrogen functional groups attached to an aromatic ring is 1. The zero-order valence-electron chi connectivity index (χ0n) is 7.03. The van der Waals surface area contributed by atoms with Gasteiger partial charge in [0.1, 0.15) is 0 Å². The molecule has 0 atom stereocenters. The van der Waals surface area contributed by atoms with E-state index in [0.29, 0.717) is 6.54 Å². The zero-order chi connectivity index (χ0) is 8.81. The van der Waals surface area contributed by atoms with Crippen molar-refractivity contribution in [3.8, 4) is 0 Å². The summed E-state index contributed by atoms with van der Waals surface area (Å²) in [6.07, 6.45) is 4.93. The monoisotopic (exact) mass is 162 g/mol. The molecule has 12 heavy (non-hydrogen) atoms. The lowest BCUT2D eigenvalue weighted by Gasteiger charge is -1.97. The molecule has 1 rings (SSSR count). The van der Waals surface area contributed by atoms with E-state index in [9.17, 15) is 0 Å². The number of nitrogens with two attached hydrogens (primary N) is 2. The topological polar surface area (TPSA) is 52.0 Å². The van der Waals surface area contributed by atoms with Crippen LogP contribution in [-0.4, -0.2) is 6.54 Å². The minimum Gasteiger partial charge on any atom is -0.398 e. The van der Waals surface area contributed by atoms with Crippen LogP contribution in [0.15, 0.2) is 30.3 Å². The molecule has 0 unspecified atom stereocenters. The number of anilines is 1. The lowest BCUT2D eigenvalue weighted by atomic mass is 10.1. The van der Waals surface area contributed by atoms with E-state index in [1.165, 1.54) is 0 Å². The molecule has 0 radical (unpaired) electrons. The Morgan fingerprint density at radius 3 is 2.67 bits per heavy atom. The van der Waals surface area contributed by atoms with Gasteiger partial charge in [0.15, 0.2) is 0 Å². The molecule has 1 aromatic rings. The first-order valence-corrected chi connectivity index (χ1v) is 4.05. The maximum Gasteiger partial charge on any atom is 0.0387 e. The highest BCUT2D eigenvalue weighted by atomic mass is 14.5. The SMILES string of the molecule is NCC/C=C/c1ccccc1N. The molecule has 0 amide bonds. The summed E-state index contributed by atoms with van der Waals surface area (Å²) in [5, 5.41) is 0. The second-order valence-corrected chi connectivity index (χ2v) is 2.61. The molecule has 0 saturated carbocycles. The van der Waals surface area contributed by atoms with E-state index in [4.69, 9.17) is 11.5 Å². The van der Waals surface area contributed by atoms with Crippen molar-refractivity contribution in [1.82, 2.24) is 0 Å². The van der Waals surface area contributed by atoms with Crippen molar-refractivity contribution in [3.63, 3.8) is 0 Å². The average Bonchev–Trinajstić information content (AvgIpc) is 2.09. The Bertz CT molecular complexity index is 266. The molecule has 1 aromatic carbocycles. The van der Waals surface area contributed by atoms with Crippen molar-refractivity contribution in [2.75, 3.05) is 12.3 Å². The fourth-order valence-corrected chi connectivity index (χ4v) is 0.969. The highest BCUT2D eigenvalue weighted by molar-refractivity contribution is 5.63. The third-order valence-corrected chi connectivity index (χ3v) is 1.63. The van der Waals surface area contributed by atoms with Gasteiger partial charge >= 0.3 is 0 Å². The van der Waals surface area contributed by atoms with Crippen LogP contribution in [0, 0.1) is 0 Å². The summed E-state index contributed by atoms with van der Waals surface area (Å²) in [5.74, 6) is 0. The maximum absolute atomic E-state index is 5.72. The van der Waals surface area contributed by atoms with Crippen LogP contribution >= 0.6 is 0 Å². The summed E-state index contributed by atoms with van der Waals surface area (Å²) >= 11 is 0. The Kier molecular flexibility index (Phi) is 3.35. The summed E-state index contributed by atoms with van der Waals surface area (Å²) < 4.78 is 0. The molecule has 0 bridgehead atoms. The molecule has 4 N–H and O–H groups in total. The van der Waals surface area contributed by atoms with E-state index in [1.807, 2.05) is 36.4 Å². The molecule has 64 valence electrons. The van der Waals surface area contributed by atoms with Crippen LogP contribution in [0.3, 0.4) is 0 Å². The predicted molar refractivity (Wildman–Crippen MR) is 53.6 cm³/mol. The van der Waals surface area contributed by atoms with Crippen molar-refractivity contribution in [2.24, 2.45) is 5.73 Å². The third-order valence-electron chi connectivity index (χ3n) is 1.63. The molecule has 0 aromatic heterocycles. The highest BCUT2D eigenvalue weighted by Crippen LogP contribution is 2.11. The van der Waals surface area contributed by atoms with Gasteiger partial charge in [-0.05, 0) is 24.6 Å². The van der Waals surface area contributed by atoms with Gasteiger partial charge in [0, 0.05) is 5.69 Å². The number of benzene rings is 1. The largest absolute Gasteiger partial charge is 0.398 e. The van der Waals surface area contributed by atoms with Crippen LogP contribution in [-0.2, 0) is 0 Å². The van der Waals surface area contributed by atoms with E-state index in [0.717, 1.165) is 17.7 Å². The second kappa shape index (κ2) is 4.57. The van der Waals surface area contributed by atoms with E-state index in [-0.39, 0.29) is 0 Å². The van der Waals surface area contributed by atoms with Gasteiger partial charge in [0.25, 0.3) is 0 Å². The first kappa shape index (κ1) is 8.81. The van der Waals surface area contributed by atoms with Gasteiger partial charge < -0.3 is 11.5 Å². The van der Waals surface area contributed by atoms with Crippen LogP contribution in [0.1, 0.15) is 12.0 Å². The summed E-state index contributed by atoms with van der Waals surface area (Å²) in [5.41, 5.74) is 12.9. The lowest BCUT2D eigenvalue weighted by molar-refractivity contribution is 1.01. The van der Waals surface area contributed by atoms with Gasteiger partial charge in [0.2, 0.25) is 0 Å². The Morgan fingerprint density at radius 2 is 2.00 bits per heavy atom. The molecule has 2 nitrogen and oxygen atoms in total. The van der Waals surface area contributed by atoms with E-state index in [1.54, 1.807) is 0 Å². The van der Waals surface area contributed by atoms with Crippen molar-refractivity contribution >= 4 is 11.8 Å². The van der Waals surface area contributed by atoms with Crippen LogP contribution in [0.25, 0.3) is 6.08 Å². The Hall–Kier alpha value is -1.28. The van der Waals surface area contributed by atoms with E-state index >= 15 is 0 Å². The third kappa shape index (κ3) is 2.40. The van der Waals surface area contributed by atoms with Crippen LogP contribution in [0.2, 0.25) is 0 Å². The Balaban J connectivity index is 2.68. The van der Waals surface area contributed by atoms with Gasteiger partial charge in [-0.3, -0.25) is 0 Å². The summed E-state index contributed by atoms with van der Waals surface area (Å²) in [6.45, 7) is 0.684. The van der Waals surface area contributed by atoms with Gasteiger partial charge in [-0.15, -0.1) is 0 Å². The van der Waals surface area contributed by atoms with Gasteiger partial charge in [-0.25, -0.2) is 0 Å². The summed E-state index contributed by atoms with van der Waals surface area (Å²) in [4.78, 5) is 0. The number of para-hydroxylation sites is 1. The molecule has 0 heterocycles. The molecule has 0 aliphatic carbocycles. The minimum absolute atomic E-state index is 0.684. The van der Waals surface area contributed by atoms with Crippen molar-refractivity contribution in [2.45, 2.75) is 6.42 Å². The van der Waals surface area contributed by atoms with Crippen molar-refractivity contribution < 1.29 is 0 Å². The van der Waals surface area contributed by atoms with E-state index in [2.05, 4.69) is 0 Å². The molecule has 2 heteroatoms. The van der Waals surface area contributed by atoms with Crippen molar-refractivity contribution in [3.05, 3.63) is 35.9 Å². The fraction of sp³-hybridized carbons (Fsp3) is 0.200. The summed E-state index contributed by atoms with van der Waals surface area (Å²) in [7, 11) is 0. The smallest absolute Gasteiger partial charge is 0.0387 e. The molecule has 0 aliphatic rings.